The fraction of sp³-hybridized carbons (Fsp3) is 0.833. The fourth-order valence-electron chi connectivity index (χ4n) is 9.84. The molecule has 184 valence electrons. The van der Waals surface area contributed by atoms with Crippen LogP contribution in [0.25, 0.3) is 0 Å². The zero-order chi connectivity index (χ0) is 24.0. The molecule has 0 radical (unpaired) electrons. The number of hydrogen-bond donors (Lipinski definition) is 1. The molecule has 1 heterocycles. The summed E-state index contributed by atoms with van der Waals surface area (Å²) in [6.07, 6.45) is 13.7. The van der Waals surface area contributed by atoms with Gasteiger partial charge in [-0.15, -0.1) is 0 Å². The van der Waals surface area contributed by atoms with Crippen molar-refractivity contribution in [2.75, 3.05) is 0 Å². The van der Waals surface area contributed by atoms with Crippen LogP contribution >= 0.6 is 0 Å². The summed E-state index contributed by atoms with van der Waals surface area (Å²) in [7, 11) is 0. The molecule has 5 rings (SSSR count). The van der Waals surface area contributed by atoms with Crippen molar-refractivity contribution in [3.63, 3.8) is 0 Å². The molecule has 0 amide bonds. The molecule has 0 saturated heterocycles. The summed E-state index contributed by atoms with van der Waals surface area (Å²) in [5.41, 5.74) is 3.25. The molecular formula is C30H46O3. The Morgan fingerprint density at radius 2 is 1.73 bits per heavy atom. The van der Waals surface area contributed by atoms with Crippen LogP contribution in [0.4, 0.5) is 0 Å². The number of cyclic esters (lactones) is 1. The van der Waals surface area contributed by atoms with Gasteiger partial charge in [0.1, 0.15) is 6.10 Å². The Morgan fingerprint density at radius 3 is 2.42 bits per heavy atom. The third-order valence-electron chi connectivity index (χ3n) is 12.3. The van der Waals surface area contributed by atoms with Gasteiger partial charge < -0.3 is 9.84 Å². The minimum atomic E-state index is -0.176. The second-order valence-corrected chi connectivity index (χ2v) is 13.7. The van der Waals surface area contributed by atoms with E-state index >= 15 is 0 Å². The highest BCUT2D eigenvalue weighted by Crippen LogP contribution is 2.73. The van der Waals surface area contributed by atoms with Gasteiger partial charge in [0.05, 0.1) is 6.10 Å². The first kappa shape index (κ1) is 23.6. The normalized spacial score (nSPS) is 49.7. The van der Waals surface area contributed by atoms with E-state index in [9.17, 15) is 9.90 Å². The highest BCUT2D eigenvalue weighted by molar-refractivity contribution is 5.88. The Balaban J connectivity index is 1.46. The van der Waals surface area contributed by atoms with E-state index < -0.39 is 0 Å². The number of esters is 1. The van der Waals surface area contributed by atoms with Crippen LogP contribution in [0.3, 0.4) is 0 Å². The Hall–Kier alpha value is -1.09. The topological polar surface area (TPSA) is 46.5 Å². The number of aliphatic hydroxyl groups excluding tert-OH is 1. The predicted molar refractivity (Wildman–Crippen MR) is 132 cm³/mol. The van der Waals surface area contributed by atoms with Crippen LogP contribution in [0.15, 0.2) is 23.3 Å². The Kier molecular flexibility index (Phi) is 5.34. The summed E-state index contributed by atoms with van der Waals surface area (Å²) < 4.78 is 5.91. The van der Waals surface area contributed by atoms with Crippen LogP contribution in [0.2, 0.25) is 0 Å². The number of rotatable bonds is 2. The van der Waals surface area contributed by atoms with Crippen LogP contribution in [-0.2, 0) is 9.53 Å². The van der Waals surface area contributed by atoms with Crippen LogP contribution < -0.4 is 0 Å². The van der Waals surface area contributed by atoms with Gasteiger partial charge in [0.15, 0.2) is 0 Å². The van der Waals surface area contributed by atoms with Crippen molar-refractivity contribution in [3.8, 4) is 0 Å². The van der Waals surface area contributed by atoms with E-state index in [1.807, 2.05) is 6.92 Å². The lowest BCUT2D eigenvalue weighted by molar-refractivity contribution is -0.151. The lowest BCUT2D eigenvalue weighted by atomic mass is 9.41. The van der Waals surface area contributed by atoms with Crippen LogP contribution in [0.5, 0.6) is 0 Å². The summed E-state index contributed by atoms with van der Waals surface area (Å²) in [5, 5.41) is 10.8. The maximum atomic E-state index is 12.3. The lowest BCUT2D eigenvalue weighted by Gasteiger charge is -2.64. The fourth-order valence-corrected chi connectivity index (χ4v) is 9.84. The third kappa shape index (κ3) is 3.06. The van der Waals surface area contributed by atoms with Crippen LogP contribution in [0.1, 0.15) is 99.8 Å². The maximum Gasteiger partial charge on any atom is 0.333 e. The summed E-state index contributed by atoms with van der Waals surface area (Å²) in [6, 6.07) is 0. The number of fused-ring (bicyclic) bond motifs is 5. The quantitative estimate of drug-likeness (QED) is 0.366. The number of ether oxygens (including phenoxy) is 1. The molecule has 9 atom stereocenters. The SMILES string of the molecule is CC1=CCC(C(C)C2CCC3(C)C4CCC5C(C)(C)[C@@H](O)CC[C@]5(C)C4=CC[C@]23C)OC1=O. The highest BCUT2D eigenvalue weighted by atomic mass is 16.5. The molecule has 1 N–H and O–H groups in total. The Bertz CT molecular complexity index is 898. The number of hydrogen-bond acceptors (Lipinski definition) is 3. The first-order valence-electron chi connectivity index (χ1n) is 13.6. The molecule has 3 fully saturated rings. The molecule has 0 bridgehead atoms. The van der Waals surface area contributed by atoms with Crippen molar-refractivity contribution in [2.45, 2.75) is 112 Å². The Morgan fingerprint density at radius 1 is 1.00 bits per heavy atom. The summed E-state index contributed by atoms with van der Waals surface area (Å²) in [4.78, 5) is 12.3. The molecule has 4 aliphatic carbocycles. The average Bonchev–Trinajstić information content (AvgIpc) is 3.04. The van der Waals surface area contributed by atoms with Crippen molar-refractivity contribution < 1.29 is 14.6 Å². The zero-order valence-corrected chi connectivity index (χ0v) is 22.0. The summed E-state index contributed by atoms with van der Waals surface area (Å²) in [5.74, 6) is 2.06. The third-order valence-corrected chi connectivity index (χ3v) is 12.3. The van der Waals surface area contributed by atoms with Crippen molar-refractivity contribution in [1.29, 1.82) is 0 Å². The van der Waals surface area contributed by atoms with Gasteiger partial charge >= 0.3 is 5.97 Å². The lowest BCUT2D eigenvalue weighted by Crippen LogP contribution is -2.57. The van der Waals surface area contributed by atoms with Gasteiger partial charge in [-0.1, -0.05) is 59.3 Å². The van der Waals surface area contributed by atoms with Gasteiger partial charge in [-0.25, -0.2) is 4.79 Å². The molecule has 0 aromatic carbocycles. The molecule has 33 heavy (non-hydrogen) atoms. The molecule has 1 aliphatic heterocycles. The summed E-state index contributed by atoms with van der Waals surface area (Å²) in [6.45, 7) is 16.5. The van der Waals surface area contributed by atoms with Crippen LogP contribution in [0, 0.1) is 45.3 Å². The number of aliphatic hydroxyl groups is 1. The van der Waals surface area contributed by atoms with Crippen molar-refractivity contribution >= 4 is 5.97 Å². The van der Waals surface area contributed by atoms with E-state index in [0.717, 1.165) is 31.3 Å². The van der Waals surface area contributed by atoms with E-state index in [4.69, 9.17) is 4.74 Å². The number of carbonyl (C=O) groups excluding carboxylic acids is 1. The first-order valence-corrected chi connectivity index (χ1v) is 13.6. The molecular weight excluding hydrogens is 408 g/mol. The molecule has 6 unspecified atom stereocenters. The van der Waals surface area contributed by atoms with Gasteiger partial charge in [-0.2, -0.15) is 0 Å². The van der Waals surface area contributed by atoms with Gasteiger partial charge in [0.25, 0.3) is 0 Å². The van der Waals surface area contributed by atoms with E-state index in [1.165, 1.54) is 25.7 Å². The largest absolute Gasteiger partial charge is 0.458 e. The van der Waals surface area contributed by atoms with E-state index in [-0.39, 0.29) is 34.4 Å². The summed E-state index contributed by atoms with van der Waals surface area (Å²) >= 11 is 0. The molecule has 0 aromatic heterocycles. The second kappa shape index (κ2) is 7.45. The van der Waals surface area contributed by atoms with E-state index in [2.05, 4.69) is 53.7 Å². The van der Waals surface area contributed by atoms with E-state index in [1.54, 1.807) is 5.57 Å². The van der Waals surface area contributed by atoms with Crippen molar-refractivity contribution in [3.05, 3.63) is 23.3 Å². The standard InChI is InChI=1S/C30H46O3/c1-18-8-10-23(33-26(18)32)19(2)20-12-16-30(7)22-9-11-24-27(3,4)25(31)14-15-28(24,5)21(22)13-17-29(20,30)6/h8,13,19-20,22-25,31H,9-12,14-17H2,1-7H3/t19?,20?,22?,23?,24?,25-,28+,29+,30?/m0/s1. The second-order valence-electron chi connectivity index (χ2n) is 13.7. The Labute approximate surface area is 201 Å². The molecule has 5 aliphatic rings. The zero-order valence-electron chi connectivity index (χ0n) is 22.0. The molecule has 3 heteroatoms. The van der Waals surface area contributed by atoms with Gasteiger partial charge in [-0.05, 0) is 97.2 Å². The molecule has 0 spiro atoms. The monoisotopic (exact) mass is 454 g/mol. The van der Waals surface area contributed by atoms with Gasteiger partial charge in [0, 0.05) is 12.0 Å². The highest BCUT2D eigenvalue weighted by Gasteiger charge is 2.65. The van der Waals surface area contributed by atoms with E-state index in [0.29, 0.717) is 29.1 Å². The molecule has 3 saturated carbocycles. The smallest absolute Gasteiger partial charge is 0.333 e. The van der Waals surface area contributed by atoms with Crippen molar-refractivity contribution in [2.24, 2.45) is 45.3 Å². The molecule has 3 nitrogen and oxygen atoms in total. The number of allylic oxidation sites excluding steroid dienone is 2. The predicted octanol–water partition coefficient (Wildman–Crippen LogP) is 6.85. The minimum Gasteiger partial charge on any atom is -0.458 e. The minimum absolute atomic E-state index is 0.0102. The molecule has 0 aromatic rings. The van der Waals surface area contributed by atoms with Gasteiger partial charge in [0.2, 0.25) is 0 Å². The first-order chi connectivity index (χ1) is 15.4. The van der Waals surface area contributed by atoms with Gasteiger partial charge in [-0.3, -0.25) is 0 Å². The number of carbonyl (C=O) groups is 1. The van der Waals surface area contributed by atoms with Crippen LogP contribution in [-0.4, -0.2) is 23.3 Å². The van der Waals surface area contributed by atoms with Crippen molar-refractivity contribution in [1.82, 2.24) is 0 Å². The average molecular weight is 455 g/mol. The maximum absolute atomic E-state index is 12.3.